The van der Waals surface area contributed by atoms with Gasteiger partial charge in [0.25, 0.3) is 0 Å². The molecule has 1 aliphatic rings. The highest BCUT2D eigenvalue weighted by molar-refractivity contribution is 5.70. The van der Waals surface area contributed by atoms with Crippen molar-refractivity contribution in [2.75, 3.05) is 19.8 Å². The number of rotatable bonds is 47. The van der Waals surface area contributed by atoms with Crippen LogP contribution in [0.1, 0.15) is 251 Å². The summed E-state index contributed by atoms with van der Waals surface area (Å²) >= 11 is 0. The van der Waals surface area contributed by atoms with Crippen molar-refractivity contribution in [3.05, 3.63) is 36.5 Å². The Hall–Kier alpha value is -2.08. The number of carbonyl (C=O) groups is 2. The molecule has 1 heterocycles. The molecule has 0 aromatic rings. The van der Waals surface area contributed by atoms with Gasteiger partial charge in [-0.1, -0.05) is 204 Å². The van der Waals surface area contributed by atoms with Gasteiger partial charge in [-0.15, -0.1) is 0 Å². The fraction of sp³-hybridized carbons (Fsp3) is 0.857. The van der Waals surface area contributed by atoms with E-state index in [1.807, 2.05) is 0 Å². The lowest BCUT2D eigenvalue weighted by Crippen LogP contribution is -2.59. The number of esters is 2. The minimum Gasteiger partial charge on any atom is -0.462 e. The van der Waals surface area contributed by atoms with E-state index in [0.29, 0.717) is 6.42 Å². The van der Waals surface area contributed by atoms with Crippen molar-refractivity contribution in [3.8, 4) is 0 Å². The zero-order valence-corrected chi connectivity index (χ0v) is 42.5. The summed E-state index contributed by atoms with van der Waals surface area (Å²) in [7, 11) is 0. The summed E-state index contributed by atoms with van der Waals surface area (Å²) in [4.78, 5) is 25.5. The van der Waals surface area contributed by atoms with Crippen molar-refractivity contribution in [3.63, 3.8) is 0 Å². The normalized spacial score (nSPS) is 19.4. The zero-order chi connectivity index (χ0) is 48.0. The van der Waals surface area contributed by atoms with Crippen LogP contribution in [0, 0.1) is 0 Å². The second-order valence-corrected chi connectivity index (χ2v) is 19.0. The van der Waals surface area contributed by atoms with Gasteiger partial charge in [-0.25, -0.2) is 0 Å². The van der Waals surface area contributed by atoms with E-state index < -0.39 is 49.4 Å². The second-order valence-electron chi connectivity index (χ2n) is 19.0. The monoisotopic (exact) mass is 935 g/mol. The lowest BCUT2D eigenvalue weighted by Gasteiger charge is -2.39. The van der Waals surface area contributed by atoms with Gasteiger partial charge in [0, 0.05) is 12.8 Å². The summed E-state index contributed by atoms with van der Waals surface area (Å²) in [6.07, 6.45) is 48.7. The van der Waals surface area contributed by atoms with Crippen LogP contribution in [-0.4, -0.2) is 89.0 Å². The van der Waals surface area contributed by atoms with E-state index in [4.69, 9.17) is 18.9 Å². The molecule has 0 aromatic heterocycles. The number of unbranched alkanes of at least 4 members (excludes halogenated alkanes) is 30. The van der Waals surface area contributed by atoms with Crippen LogP contribution in [0.2, 0.25) is 0 Å². The maximum absolute atomic E-state index is 12.8. The van der Waals surface area contributed by atoms with Gasteiger partial charge in [-0.05, 0) is 70.6 Å². The van der Waals surface area contributed by atoms with E-state index in [1.54, 1.807) is 0 Å². The van der Waals surface area contributed by atoms with Crippen molar-refractivity contribution in [1.82, 2.24) is 0 Å². The first-order chi connectivity index (χ1) is 32.3. The van der Waals surface area contributed by atoms with Gasteiger partial charge in [0.05, 0.1) is 13.2 Å². The number of aliphatic hydroxyl groups is 4. The highest BCUT2D eigenvalue weighted by Gasteiger charge is 2.44. The van der Waals surface area contributed by atoms with E-state index in [0.717, 1.165) is 51.4 Å². The molecule has 10 heteroatoms. The standard InChI is InChI=1S/C56H102O10/c1-3-5-7-9-11-13-15-17-19-21-23-24-25-26-27-29-30-32-34-36-38-40-42-44-51(58)63-47-49(48-64-56-55(62)54(61)53(60)50(46-57)66-56)65-52(59)45-43-41-39-37-35-33-31-28-22-20-18-16-14-12-10-8-6-4-2/h14,16,20-23,49-50,53-57,60-62H,3-13,15,17-19,24-48H2,1-2H3/b16-14-,22-20-,23-21-. The van der Waals surface area contributed by atoms with E-state index in [9.17, 15) is 30.0 Å². The summed E-state index contributed by atoms with van der Waals surface area (Å²) in [5, 5.41) is 40.3. The van der Waals surface area contributed by atoms with Crippen molar-refractivity contribution < 1.29 is 49.0 Å². The Morgan fingerprint density at radius 3 is 1.29 bits per heavy atom. The molecule has 0 amide bonds. The van der Waals surface area contributed by atoms with Crippen molar-refractivity contribution in [1.29, 1.82) is 0 Å². The first-order valence-electron chi connectivity index (χ1n) is 27.6. The number of hydrogen-bond donors (Lipinski definition) is 4. The number of hydrogen-bond acceptors (Lipinski definition) is 10. The number of ether oxygens (including phenoxy) is 4. The van der Waals surface area contributed by atoms with Gasteiger partial charge >= 0.3 is 11.9 Å². The van der Waals surface area contributed by atoms with Gasteiger partial charge in [-0.2, -0.15) is 0 Å². The van der Waals surface area contributed by atoms with Crippen LogP contribution in [0.15, 0.2) is 36.5 Å². The zero-order valence-electron chi connectivity index (χ0n) is 42.5. The third-order valence-corrected chi connectivity index (χ3v) is 12.7. The lowest BCUT2D eigenvalue weighted by atomic mass is 9.99. The molecule has 66 heavy (non-hydrogen) atoms. The van der Waals surface area contributed by atoms with Crippen LogP contribution in [0.25, 0.3) is 0 Å². The van der Waals surface area contributed by atoms with E-state index in [-0.39, 0.29) is 32.0 Å². The minimum atomic E-state index is -1.60. The average Bonchev–Trinajstić information content (AvgIpc) is 3.32. The molecule has 0 aliphatic carbocycles. The van der Waals surface area contributed by atoms with Gasteiger partial charge < -0.3 is 39.4 Å². The Labute approximate surface area is 404 Å². The van der Waals surface area contributed by atoms with Crippen molar-refractivity contribution in [2.24, 2.45) is 0 Å². The minimum absolute atomic E-state index is 0.219. The van der Waals surface area contributed by atoms with Gasteiger partial charge in [-0.3, -0.25) is 9.59 Å². The van der Waals surface area contributed by atoms with Crippen LogP contribution in [0.5, 0.6) is 0 Å². The fourth-order valence-corrected chi connectivity index (χ4v) is 8.39. The molecule has 0 radical (unpaired) electrons. The van der Waals surface area contributed by atoms with Gasteiger partial charge in [0.1, 0.15) is 31.0 Å². The summed E-state index contributed by atoms with van der Waals surface area (Å²) < 4.78 is 22.3. The maximum atomic E-state index is 12.8. The average molecular weight is 935 g/mol. The molecule has 0 bridgehead atoms. The molecule has 6 unspecified atom stereocenters. The highest BCUT2D eigenvalue weighted by atomic mass is 16.7. The number of carbonyl (C=O) groups excluding carboxylic acids is 2. The Morgan fingerprint density at radius 1 is 0.470 bits per heavy atom. The topological polar surface area (TPSA) is 152 Å². The number of aliphatic hydroxyl groups excluding tert-OH is 4. The smallest absolute Gasteiger partial charge is 0.306 e. The van der Waals surface area contributed by atoms with Crippen LogP contribution in [-0.2, 0) is 28.5 Å². The molecule has 0 saturated carbocycles. The molecule has 0 aromatic carbocycles. The van der Waals surface area contributed by atoms with Crippen molar-refractivity contribution >= 4 is 11.9 Å². The van der Waals surface area contributed by atoms with E-state index >= 15 is 0 Å². The molecule has 0 spiro atoms. The molecular formula is C56H102O10. The van der Waals surface area contributed by atoms with Crippen LogP contribution < -0.4 is 0 Å². The molecule has 1 rings (SSSR count). The quantitative estimate of drug-likeness (QED) is 0.0264. The third kappa shape index (κ3) is 36.9. The number of allylic oxidation sites excluding steroid dienone is 6. The Kier molecular flexibility index (Phi) is 43.8. The first kappa shape index (κ1) is 61.9. The van der Waals surface area contributed by atoms with Crippen LogP contribution in [0.4, 0.5) is 0 Å². The fourth-order valence-electron chi connectivity index (χ4n) is 8.39. The summed E-state index contributed by atoms with van der Waals surface area (Å²) in [6, 6.07) is 0. The molecular weight excluding hydrogens is 833 g/mol. The predicted octanol–water partition coefficient (Wildman–Crippen LogP) is 13.4. The van der Waals surface area contributed by atoms with Gasteiger partial charge in [0.2, 0.25) is 0 Å². The van der Waals surface area contributed by atoms with E-state index in [2.05, 4.69) is 50.3 Å². The molecule has 386 valence electrons. The molecule has 4 N–H and O–H groups in total. The predicted molar refractivity (Wildman–Crippen MR) is 270 cm³/mol. The van der Waals surface area contributed by atoms with Crippen LogP contribution in [0.3, 0.4) is 0 Å². The molecule has 1 aliphatic heterocycles. The molecule has 1 saturated heterocycles. The summed E-state index contributed by atoms with van der Waals surface area (Å²) in [5.74, 6) is -0.807. The first-order valence-corrected chi connectivity index (χ1v) is 27.6. The SMILES string of the molecule is CCCCCC/C=C\C/C=C\CCCCCCCCCC(=O)OC(COC(=O)CCCCCCCCCCCCC/C=C\CCCCCCCCCC)COC1OC(CO)C(O)C(O)C1O. The molecule has 6 atom stereocenters. The Morgan fingerprint density at radius 2 is 0.848 bits per heavy atom. The highest BCUT2D eigenvalue weighted by Crippen LogP contribution is 2.23. The largest absolute Gasteiger partial charge is 0.462 e. The summed E-state index contributed by atoms with van der Waals surface area (Å²) in [5.41, 5.74) is 0. The van der Waals surface area contributed by atoms with Crippen molar-refractivity contribution in [2.45, 2.75) is 288 Å². The maximum Gasteiger partial charge on any atom is 0.306 e. The second kappa shape index (κ2) is 46.6. The summed E-state index contributed by atoms with van der Waals surface area (Å²) in [6.45, 7) is 3.43. The van der Waals surface area contributed by atoms with Gasteiger partial charge in [0.15, 0.2) is 12.4 Å². The third-order valence-electron chi connectivity index (χ3n) is 12.7. The van der Waals surface area contributed by atoms with Crippen LogP contribution >= 0.6 is 0 Å². The Bertz CT molecular complexity index is 1170. The molecule has 10 nitrogen and oxygen atoms in total. The lowest BCUT2D eigenvalue weighted by molar-refractivity contribution is -0.305. The van der Waals surface area contributed by atoms with E-state index in [1.165, 1.54) is 167 Å². The molecule has 1 fully saturated rings. The Balaban J connectivity index is 2.22.